The zero-order valence-corrected chi connectivity index (χ0v) is 10.6. The quantitative estimate of drug-likeness (QED) is 0.734. The van der Waals surface area contributed by atoms with E-state index in [1.54, 1.807) is 23.5 Å². The van der Waals surface area contributed by atoms with Crippen LogP contribution in [0.25, 0.3) is 10.1 Å². The summed E-state index contributed by atoms with van der Waals surface area (Å²) in [5.41, 5.74) is 2.23. The molecule has 1 heterocycles. The van der Waals surface area contributed by atoms with Crippen molar-refractivity contribution < 1.29 is 5.11 Å². The highest BCUT2D eigenvalue weighted by Gasteiger charge is 2.03. The predicted octanol–water partition coefficient (Wildman–Crippen LogP) is 4.22. The van der Waals surface area contributed by atoms with Gasteiger partial charge in [-0.05, 0) is 34.5 Å². The van der Waals surface area contributed by atoms with E-state index in [9.17, 15) is 5.11 Å². The van der Waals surface area contributed by atoms with Gasteiger partial charge in [-0.3, -0.25) is 0 Å². The number of phenolic OH excluding ortho intramolecular Hbond substituents is 1. The third-order valence-corrected chi connectivity index (χ3v) is 3.90. The van der Waals surface area contributed by atoms with Crippen LogP contribution in [0.1, 0.15) is 5.56 Å². The van der Waals surface area contributed by atoms with Crippen LogP contribution in [0.2, 0.25) is 0 Å². The number of hydrogen-bond acceptors (Lipinski definition) is 3. The maximum Gasteiger partial charge on any atom is 0.117 e. The zero-order chi connectivity index (χ0) is 12.4. The number of aromatic hydroxyl groups is 1. The van der Waals surface area contributed by atoms with Gasteiger partial charge < -0.3 is 10.4 Å². The lowest BCUT2D eigenvalue weighted by atomic mass is 10.2. The number of thiophene rings is 1. The molecule has 0 amide bonds. The lowest BCUT2D eigenvalue weighted by Crippen LogP contribution is -1.97. The van der Waals surface area contributed by atoms with Gasteiger partial charge in [0.15, 0.2) is 0 Å². The molecule has 2 aromatic carbocycles. The molecule has 3 aromatic rings. The smallest absolute Gasteiger partial charge is 0.117 e. The van der Waals surface area contributed by atoms with E-state index in [-0.39, 0.29) is 5.75 Å². The molecule has 0 spiro atoms. The molecule has 0 bridgehead atoms. The van der Waals surface area contributed by atoms with E-state index in [4.69, 9.17) is 0 Å². The Morgan fingerprint density at radius 1 is 1.06 bits per heavy atom. The molecule has 0 saturated carbocycles. The van der Waals surface area contributed by atoms with Gasteiger partial charge in [-0.2, -0.15) is 0 Å². The minimum Gasteiger partial charge on any atom is -0.508 e. The van der Waals surface area contributed by atoms with Gasteiger partial charge >= 0.3 is 0 Å². The molecule has 2 N–H and O–H groups in total. The van der Waals surface area contributed by atoms with Gasteiger partial charge in [-0.25, -0.2) is 0 Å². The van der Waals surface area contributed by atoms with Crippen LogP contribution in [-0.4, -0.2) is 5.11 Å². The van der Waals surface area contributed by atoms with E-state index in [2.05, 4.69) is 35.0 Å². The fraction of sp³-hybridized carbons (Fsp3) is 0.0667. The van der Waals surface area contributed by atoms with Gasteiger partial charge in [-0.1, -0.05) is 24.3 Å². The normalized spacial score (nSPS) is 10.7. The first kappa shape index (κ1) is 11.1. The molecule has 0 saturated heterocycles. The third kappa shape index (κ3) is 2.17. The highest BCUT2D eigenvalue weighted by Crippen LogP contribution is 2.26. The zero-order valence-electron chi connectivity index (χ0n) is 9.76. The molecule has 0 fully saturated rings. The molecule has 0 unspecified atom stereocenters. The van der Waals surface area contributed by atoms with Crippen LogP contribution in [0.15, 0.2) is 53.9 Å². The second kappa shape index (κ2) is 4.70. The number of nitrogens with one attached hydrogen (secondary N) is 1. The Morgan fingerprint density at radius 2 is 1.94 bits per heavy atom. The van der Waals surface area contributed by atoms with Crippen molar-refractivity contribution in [1.82, 2.24) is 0 Å². The Bertz CT molecular complexity index is 675. The van der Waals surface area contributed by atoms with Crippen molar-refractivity contribution in [2.75, 3.05) is 5.32 Å². The Labute approximate surface area is 110 Å². The van der Waals surface area contributed by atoms with Crippen LogP contribution in [0.3, 0.4) is 0 Å². The van der Waals surface area contributed by atoms with Crippen molar-refractivity contribution in [1.29, 1.82) is 0 Å². The van der Waals surface area contributed by atoms with Crippen molar-refractivity contribution in [2.24, 2.45) is 0 Å². The van der Waals surface area contributed by atoms with Crippen LogP contribution in [0.4, 0.5) is 5.69 Å². The summed E-state index contributed by atoms with van der Waals surface area (Å²) < 4.78 is 1.31. The fourth-order valence-electron chi connectivity index (χ4n) is 1.98. The van der Waals surface area contributed by atoms with Gasteiger partial charge in [0.25, 0.3) is 0 Å². The summed E-state index contributed by atoms with van der Waals surface area (Å²) in [5.74, 6) is 0.287. The first-order valence-corrected chi connectivity index (χ1v) is 6.69. The summed E-state index contributed by atoms with van der Waals surface area (Å²) in [6.45, 7) is 0.771. The van der Waals surface area contributed by atoms with E-state index in [1.807, 2.05) is 12.1 Å². The van der Waals surface area contributed by atoms with Crippen molar-refractivity contribution in [3.05, 3.63) is 59.5 Å². The highest BCUT2D eigenvalue weighted by atomic mass is 32.1. The highest BCUT2D eigenvalue weighted by molar-refractivity contribution is 7.17. The van der Waals surface area contributed by atoms with Crippen LogP contribution in [0, 0.1) is 0 Å². The molecule has 2 nitrogen and oxygen atoms in total. The predicted molar refractivity (Wildman–Crippen MR) is 77.3 cm³/mol. The Hall–Kier alpha value is -2.00. The van der Waals surface area contributed by atoms with Crippen LogP contribution in [0.5, 0.6) is 5.75 Å². The molecular weight excluding hydrogens is 242 g/mol. The van der Waals surface area contributed by atoms with Crippen LogP contribution in [-0.2, 0) is 6.54 Å². The average Bonchev–Trinajstić information content (AvgIpc) is 2.80. The van der Waals surface area contributed by atoms with E-state index >= 15 is 0 Å². The number of benzene rings is 2. The third-order valence-electron chi connectivity index (χ3n) is 2.89. The van der Waals surface area contributed by atoms with Crippen molar-refractivity contribution in [3.63, 3.8) is 0 Å². The molecule has 1 aromatic heterocycles. The summed E-state index contributed by atoms with van der Waals surface area (Å²) in [6, 6.07) is 15.6. The lowest BCUT2D eigenvalue weighted by molar-refractivity contribution is 0.475. The largest absolute Gasteiger partial charge is 0.508 e. The second-order valence-corrected chi connectivity index (χ2v) is 5.07. The Morgan fingerprint density at radius 3 is 2.83 bits per heavy atom. The molecule has 3 rings (SSSR count). The first-order chi connectivity index (χ1) is 8.83. The minimum absolute atomic E-state index is 0.287. The van der Waals surface area contributed by atoms with Gasteiger partial charge in [0.2, 0.25) is 0 Å². The fourth-order valence-corrected chi connectivity index (χ4v) is 2.95. The molecule has 0 atom stereocenters. The number of phenols is 1. The summed E-state index contributed by atoms with van der Waals surface area (Å²) in [7, 11) is 0. The van der Waals surface area contributed by atoms with E-state index in [0.717, 1.165) is 12.2 Å². The SMILES string of the molecule is Oc1cccc(NCc2csc3ccccc23)c1. The van der Waals surface area contributed by atoms with Crippen LogP contribution >= 0.6 is 11.3 Å². The van der Waals surface area contributed by atoms with Crippen molar-refractivity contribution >= 4 is 27.1 Å². The van der Waals surface area contributed by atoms with Crippen molar-refractivity contribution in [3.8, 4) is 5.75 Å². The summed E-state index contributed by atoms with van der Waals surface area (Å²) in [5, 5.41) is 16.2. The number of fused-ring (bicyclic) bond motifs is 1. The molecule has 0 aliphatic rings. The Balaban J connectivity index is 1.81. The Kier molecular flexibility index (Phi) is 2.90. The lowest BCUT2D eigenvalue weighted by Gasteiger charge is -2.06. The maximum atomic E-state index is 9.40. The van der Waals surface area contributed by atoms with E-state index in [1.165, 1.54) is 15.6 Å². The molecule has 18 heavy (non-hydrogen) atoms. The second-order valence-electron chi connectivity index (χ2n) is 4.16. The van der Waals surface area contributed by atoms with Gasteiger partial charge in [0, 0.05) is 23.0 Å². The average molecular weight is 255 g/mol. The maximum absolute atomic E-state index is 9.40. The summed E-state index contributed by atoms with van der Waals surface area (Å²) >= 11 is 1.76. The number of hydrogen-bond donors (Lipinski definition) is 2. The standard InChI is InChI=1S/C15H13NOS/c17-13-5-3-4-12(8-13)16-9-11-10-18-15-7-2-1-6-14(11)15/h1-8,10,16-17H,9H2. The van der Waals surface area contributed by atoms with Gasteiger partial charge in [0.05, 0.1) is 0 Å². The topological polar surface area (TPSA) is 32.3 Å². The van der Waals surface area contributed by atoms with Gasteiger partial charge in [-0.15, -0.1) is 11.3 Å². The van der Waals surface area contributed by atoms with Crippen molar-refractivity contribution in [2.45, 2.75) is 6.54 Å². The first-order valence-electron chi connectivity index (χ1n) is 5.81. The van der Waals surface area contributed by atoms with E-state index < -0.39 is 0 Å². The van der Waals surface area contributed by atoms with Crippen LogP contribution < -0.4 is 5.32 Å². The molecule has 3 heteroatoms. The monoisotopic (exact) mass is 255 g/mol. The molecule has 0 aliphatic carbocycles. The number of anilines is 1. The van der Waals surface area contributed by atoms with E-state index in [0.29, 0.717) is 0 Å². The minimum atomic E-state index is 0.287. The summed E-state index contributed by atoms with van der Waals surface area (Å²) in [4.78, 5) is 0. The molecule has 0 radical (unpaired) electrons. The molecule has 0 aliphatic heterocycles. The molecular formula is C15H13NOS. The number of rotatable bonds is 3. The molecule has 90 valence electrons. The summed E-state index contributed by atoms with van der Waals surface area (Å²) in [6.07, 6.45) is 0. The van der Waals surface area contributed by atoms with Gasteiger partial charge in [0.1, 0.15) is 5.75 Å².